The van der Waals surface area contributed by atoms with Crippen molar-refractivity contribution in [2.24, 2.45) is 5.92 Å². The second kappa shape index (κ2) is 11.3. The smallest absolute Gasteiger partial charge is 0.235 e. The second-order valence-electron chi connectivity index (χ2n) is 9.91. The Morgan fingerprint density at radius 3 is 2.60 bits per heavy atom. The lowest BCUT2D eigenvalue weighted by molar-refractivity contribution is 0.173. The summed E-state index contributed by atoms with van der Waals surface area (Å²) in [6, 6.07) is 16.1. The van der Waals surface area contributed by atoms with Gasteiger partial charge in [-0.15, -0.1) is 0 Å². The van der Waals surface area contributed by atoms with Gasteiger partial charge in [0.15, 0.2) is 11.5 Å². The van der Waals surface area contributed by atoms with Crippen LogP contribution in [-0.2, 0) is 19.6 Å². The first kappa shape index (κ1) is 23.9. The number of ether oxygens (including phenoxy) is 2. The van der Waals surface area contributed by atoms with Gasteiger partial charge in [-0.2, -0.15) is 9.37 Å². The Labute approximate surface area is 207 Å². The molecule has 3 aromatic rings. The number of fused-ring (bicyclic) bond motifs is 1. The molecule has 1 saturated carbocycles. The van der Waals surface area contributed by atoms with Gasteiger partial charge in [-0.25, -0.2) is 0 Å². The van der Waals surface area contributed by atoms with Crippen molar-refractivity contribution < 1.29 is 13.9 Å². The number of hydrogen-bond acceptors (Lipinski definition) is 4. The molecule has 1 aliphatic heterocycles. The maximum absolute atomic E-state index is 15.4. The van der Waals surface area contributed by atoms with Gasteiger partial charge >= 0.3 is 0 Å². The molecule has 1 aromatic heterocycles. The second-order valence-corrected chi connectivity index (χ2v) is 9.91. The third-order valence-electron chi connectivity index (χ3n) is 7.25. The summed E-state index contributed by atoms with van der Waals surface area (Å²) in [6.07, 6.45) is 8.48. The van der Waals surface area contributed by atoms with Gasteiger partial charge in [0.05, 0.1) is 5.69 Å². The van der Waals surface area contributed by atoms with Crippen molar-refractivity contribution in [2.45, 2.75) is 71.5 Å². The number of unbranched alkanes of at least 4 members (excludes halogenated alkanes) is 1. The van der Waals surface area contributed by atoms with E-state index in [1.807, 2.05) is 36.4 Å². The van der Waals surface area contributed by atoms with Crippen molar-refractivity contribution in [2.75, 3.05) is 13.3 Å². The Morgan fingerprint density at radius 1 is 1.00 bits per heavy atom. The number of rotatable bonds is 10. The molecule has 0 atom stereocenters. The number of hydrogen-bond donors (Lipinski definition) is 0. The minimum atomic E-state index is -0.348. The molecule has 0 bridgehead atoms. The summed E-state index contributed by atoms with van der Waals surface area (Å²) >= 11 is 0. The fourth-order valence-corrected chi connectivity index (χ4v) is 5.40. The van der Waals surface area contributed by atoms with Gasteiger partial charge in [-0.05, 0) is 42.9 Å². The third-order valence-corrected chi connectivity index (χ3v) is 7.25. The van der Waals surface area contributed by atoms with Crippen molar-refractivity contribution in [3.63, 3.8) is 0 Å². The highest BCUT2D eigenvalue weighted by Crippen LogP contribution is 2.34. The van der Waals surface area contributed by atoms with E-state index in [9.17, 15) is 0 Å². The van der Waals surface area contributed by atoms with Gasteiger partial charge in [-0.3, -0.25) is 4.90 Å². The average molecular weight is 478 g/mol. The normalized spacial score (nSPS) is 15.7. The van der Waals surface area contributed by atoms with Crippen molar-refractivity contribution in [3.05, 3.63) is 65.7 Å². The van der Waals surface area contributed by atoms with Crippen LogP contribution in [0, 0.1) is 11.9 Å². The first-order chi connectivity index (χ1) is 17.2. The summed E-state index contributed by atoms with van der Waals surface area (Å²) in [4.78, 5) is 6.83. The number of halogens is 1. The van der Waals surface area contributed by atoms with E-state index in [0.29, 0.717) is 18.2 Å². The van der Waals surface area contributed by atoms with Crippen LogP contribution in [0.5, 0.6) is 11.5 Å². The van der Waals surface area contributed by atoms with Crippen molar-refractivity contribution in [1.82, 2.24) is 14.5 Å². The highest BCUT2D eigenvalue weighted by molar-refractivity contribution is 5.56. The van der Waals surface area contributed by atoms with E-state index in [4.69, 9.17) is 9.47 Å². The van der Waals surface area contributed by atoms with E-state index < -0.39 is 0 Å². The molecule has 6 heteroatoms. The summed E-state index contributed by atoms with van der Waals surface area (Å²) in [5, 5.41) is 0. The Kier molecular flexibility index (Phi) is 7.67. The molecule has 2 aliphatic rings. The van der Waals surface area contributed by atoms with E-state index in [1.54, 1.807) is 0 Å². The van der Waals surface area contributed by atoms with Crippen LogP contribution in [0.15, 0.2) is 48.5 Å². The lowest BCUT2D eigenvalue weighted by Crippen LogP contribution is -2.31. The average Bonchev–Trinajstić information content (AvgIpc) is 3.48. The maximum atomic E-state index is 15.4. The topological polar surface area (TPSA) is 39.5 Å². The highest BCUT2D eigenvalue weighted by atomic mass is 19.1. The summed E-state index contributed by atoms with van der Waals surface area (Å²) in [7, 11) is 0. The maximum Gasteiger partial charge on any atom is 0.235 e. The Hall–Kier alpha value is -2.86. The molecule has 0 unspecified atom stereocenters. The SMILES string of the molecule is CCCCn1c(-c2ccccc2)nc(F)c1CN(Cc1ccc2c(c1)OCO2)CC1CCCCC1. The van der Waals surface area contributed by atoms with E-state index >= 15 is 4.39 Å². The minimum absolute atomic E-state index is 0.272. The molecule has 5 rings (SSSR count). The number of nitrogens with zero attached hydrogens (tertiary/aromatic N) is 3. The lowest BCUT2D eigenvalue weighted by atomic mass is 9.89. The van der Waals surface area contributed by atoms with Crippen LogP contribution in [0.2, 0.25) is 0 Å². The summed E-state index contributed by atoms with van der Waals surface area (Å²) in [5.74, 6) is 2.63. The van der Waals surface area contributed by atoms with E-state index in [0.717, 1.165) is 60.9 Å². The Balaban J connectivity index is 1.44. The van der Waals surface area contributed by atoms with Crippen LogP contribution in [0.1, 0.15) is 63.1 Å². The Morgan fingerprint density at radius 2 is 1.80 bits per heavy atom. The number of imidazole rings is 1. The highest BCUT2D eigenvalue weighted by Gasteiger charge is 2.24. The molecule has 0 N–H and O–H groups in total. The van der Waals surface area contributed by atoms with Crippen LogP contribution in [0.25, 0.3) is 11.4 Å². The molecule has 2 heterocycles. The summed E-state index contributed by atoms with van der Waals surface area (Å²) in [5.41, 5.74) is 2.81. The number of benzene rings is 2. The molecule has 2 aromatic carbocycles. The zero-order chi connectivity index (χ0) is 24.0. The molecule has 0 amide bonds. The van der Waals surface area contributed by atoms with Crippen LogP contribution in [0.3, 0.4) is 0 Å². The van der Waals surface area contributed by atoms with Gasteiger partial charge in [-0.1, -0.05) is 69.0 Å². The van der Waals surface area contributed by atoms with Gasteiger partial charge in [0.25, 0.3) is 0 Å². The molecule has 35 heavy (non-hydrogen) atoms. The van der Waals surface area contributed by atoms with Gasteiger partial charge in [0.2, 0.25) is 12.7 Å². The van der Waals surface area contributed by atoms with Crippen molar-refractivity contribution in [3.8, 4) is 22.9 Å². The lowest BCUT2D eigenvalue weighted by Gasteiger charge is -2.30. The van der Waals surface area contributed by atoms with E-state index in [-0.39, 0.29) is 12.7 Å². The summed E-state index contributed by atoms with van der Waals surface area (Å²) in [6.45, 7) is 5.47. The van der Waals surface area contributed by atoms with E-state index in [1.165, 1.54) is 32.1 Å². The van der Waals surface area contributed by atoms with Gasteiger partial charge in [0.1, 0.15) is 5.82 Å². The first-order valence-corrected chi connectivity index (χ1v) is 13.1. The van der Waals surface area contributed by atoms with Crippen LogP contribution in [-0.4, -0.2) is 27.8 Å². The molecular weight excluding hydrogens is 441 g/mol. The molecule has 0 saturated heterocycles. The zero-order valence-corrected chi connectivity index (χ0v) is 20.7. The third kappa shape index (κ3) is 5.69. The predicted octanol–water partition coefficient (Wildman–Crippen LogP) is 6.80. The Bertz CT molecular complexity index is 1110. The van der Waals surface area contributed by atoms with Crippen molar-refractivity contribution in [1.29, 1.82) is 0 Å². The molecule has 0 radical (unpaired) electrons. The van der Waals surface area contributed by atoms with Crippen LogP contribution < -0.4 is 9.47 Å². The molecule has 1 aliphatic carbocycles. The fourth-order valence-electron chi connectivity index (χ4n) is 5.40. The number of aromatic nitrogens is 2. The van der Waals surface area contributed by atoms with Gasteiger partial charge in [0, 0.05) is 31.7 Å². The van der Waals surface area contributed by atoms with E-state index in [2.05, 4.69) is 33.5 Å². The quantitative estimate of drug-likeness (QED) is 0.322. The van der Waals surface area contributed by atoms with Crippen LogP contribution >= 0.6 is 0 Å². The van der Waals surface area contributed by atoms with Gasteiger partial charge < -0.3 is 14.0 Å². The monoisotopic (exact) mass is 477 g/mol. The fraction of sp³-hybridized carbons (Fsp3) is 0.483. The molecular formula is C29H36FN3O2. The molecule has 5 nitrogen and oxygen atoms in total. The molecule has 186 valence electrons. The molecule has 0 spiro atoms. The van der Waals surface area contributed by atoms with Crippen LogP contribution in [0.4, 0.5) is 4.39 Å². The zero-order valence-electron chi connectivity index (χ0n) is 20.7. The van der Waals surface area contributed by atoms with Crippen molar-refractivity contribution >= 4 is 0 Å². The largest absolute Gasteiger partial charge is 0.454 e. The molecule has 1 fully saturated rings. The minimum Gasteiger partial charge on any atom is -0.454 e. The summed E-state index contributed by atoms with van der Waals surface area (Å²) < 4.78 is 28.7. The predicted molar refractivity (Wildman–Crippen MR) is 136 cm³/mol. The first-order valence-electron chi connectivity index (χ1n) is 13.1. The standard InChI is InChI=1S/C29H36FN3O2/c1-2-3-16-33-25(28(30)31-29(33)24-12-8-5-9-13-24)20-32(18-22-10-6-4-7-11-22)19-23-14-15-26-27(17-23)35-21-34-26/h5,8-9,12-15,17,22H,2-4,6-7,10-11,16,18-21H2,1H3.